The fourth-order valence-electron chi connectivity index (χ4n) is 4.90. The topological polar surface area (TPSA) is 70.7 Å². The molecular weight excluding hydrogens is 421 g/mol. The number of rotatable bonds is 5. The van der Waals surface area contributed by atoms with Gasteiger partial charge in [-0.3, -0.25) is 4.79 Å². The molecule has 2 aliphatic heterocycles. The summed E-state index contributed by atoms with van der Waals surface area (Å²) in [6.07, 6.45) is 0. The molecule has 0 bridgehead atoms. The summed E-state index contributed by atoms with van der Waals surface area (Å²) in [6.45, 7) is 2.04. The van der Waals surface area contributed by atoms with Crippen molar-refractivity contribution in [2.24, 2.45) is 5.92 Å². The number of amides is 1. The van der Waals surface area contributed by atoms with Crippen LogP contribution in [0.1, 0.15) is 40.5 Å². The predicted octanol–water partition coefficient (Wildman–Crippen LogP) is 3.92. The number of esters is 1. The summed E-state index contributed by atoms with van der Waals surface area (Å²) < 4.78 is 19.3. The normalized spacial score (nSPS) is 24.1. The molecule has 3 aromatic rings. The smallest absolute Gasteiger partial charge is 0.338 e. The van der Waals surface area contributed by atoms with Gasteiger partial charge >= 0.3 is 5.97 Å². The van der Waals surface area contributed by atoms with Crippen LogP contribution in [-0.2, 0) is 9.53 Å². The number of hydrogen-bond donors (Lipinski definition) is 2. The SMILES string of the molecule is CCOC(=O)c1ccc(N2C(=O)C3NNC(c4ccccc4)C3C2c2cccc(F)c2)cc1. The first-order chi connectivity index (χ1) is 16.1. The van der Waals surface area contributed by atoms with Crippen LogP contribution < -0.4 is 15.8 Å². The van der Waals surface area contributed by atoms with Crippen LogP contribution in [0.15, 0.2) is 78.9 Å². The molecule has 5 rings (SSSR count). The standard InChI is InChI=1S/C26H24FN3O3/c1-2-33-26(32)17-11-13-20(14-12-17)30-24(18-9-6-10-19(27)15-18)21-22(16-7-4-3-5-8-16)28-29-23(21)25(30)31/h3-15,21-24,28-29H,2H2,1H3. The van der Waals surface area contributed by atoms with E-state index in [0.29, 0.717) is 11.3 Å². The molecule has 33 heavy (non-hydrogen) atoms. The summed E-state index contributed by atoms with van der Waals surface area (Å²) in [7, 11) is 0. The van der Waals surface area contributed by atoms with Crippen molar-refractivity contribution in [2.45, 2.75) is 25.0 Å². The zero-order chi connectivity index (χ0) is 22.9. The molecule has 2 fully saturated rings. The van der Waals surface area contributed by atoms with Gasteiger partial charge in [-0.1, -0.05) is 42.5 Å². The maximum atomic E-state index is 14.2. The van der Waals surface area contributed by atoms with Crippen molar-refractivity contribution >= 4 is 17.6 Å². The first-order valence-corrected chi connectivity index (χ1v) is 11.0. The molecule has 2 aliphatic rings. The Morgan fingerprint density at radius 2 is 1.64 bits per heavy atom. The van der Waals surface area contributed by atoms with E-state index < -0.39 is 18.1 Å². The van der Waals surface area contributed by atoms with Gasteiger partial charge < -0.3 is 9.64 Å². The van der Waals surface area contributed by atoms with Gasteiger partial charge in [0.1, 0.15) is 11.9 Å². The predicted molar refractivity (Wildman–Crippen MR) is 122 cm³/mol. The minimum atomic E-state index is -0.479. The minimum Gasteiger partial charge on any atom is -0.462 e. The average Bonchev–Trinajstić information content (AvgIpc) is 3.39. The summed E-state index contributed by atoms with van der Waals surface area (Å²) in [6, 6.07) is 22.1. The summed E-state index contributed by atoms with van der Waals surface area (Å²) in [5.74, 6) is -1.04. The lowest BCUT2D eigenvalue weighted by Gasteiger charge is -2.31. The van der Waals surface area contributed by atoms with Crippen LogP contribution in [-0.4, -0.2) is 24.5 Å². The lowest BCUT2D eigenvalue weighted by atomic mass is 9.83. The second-order valence-corrected chi connectivity index (χ2v) is 8.21. The molecule has 0 radical (unpaired) electrons. The van der Waals surface area contributed by atoms with Crippen LogP contribution in [0, 0.1) is 11.7 Å². The highest BCUT2D eigenvalue weighted by molar-refractivity contribution is 6.02. The van der Waals surface area contributed by atoms with Gasteiger partial charge in [0, 0.05) is 11.6 Å². The first kappa shape index (κ1) is 21.3. The third-order valence-electron chi connectivity index (χ3n) is 6.32. The number of nitrogens with one attached hydrogen (secondary N) is 2. The molecule has 0 saturated carbocycles. The summed E-state index contributed by atoms with van der Waals surface area (Å²) >= 11 is 0. The summed E-state index contributed by atoms with van der Waals surface area (Å²) in [5, 5.41) is 0. The fourth-order valence-corrected chi connectivity index (χ4v) is 4.90. The van der Waals surface area contributed by atoms with Crippen LogP contribution in [0.5, 0.6) is 0 Å². The Morgan fingerprint density at radius 3 is 2.33 bits per heavy atom. The number of ether oxygens (including phenoxy) is 1. The molecule has 2 N–H and O–H groups in total. The average molecular weight is 445 g/mol. The van der Waals surface area contributed by atoms with Crippen LogP contribution in [0.4, 0.5) is 10.1 Å². The first-order valence-electron chi connectivity index (χ1n) is 11.0. The molecule has 3 aromatic carbocycles. The maximum Gasteiger partial charge on any atom is 0.338 e. The second-order valence-electron chi connectivity index (χ2n) is 8.21. The van der Waals surface area contributed by atoms with Gasteiger partial charge in [-0.25, -0.2) is 20.0 Å². The highest BCUT2D eigenvalue weighted by atomic mass is 19.1. The second kappa shape index (κ2) is 8.77. The van der Waals surface area contributed by atoms with Crippen molar-refractivity contribution in [3.8, 4) is 0 Å². The van der Waals surface area contributed by atoms with Crippen molar-refractivity contribution in [3.63, 3.8) is 0 Å². The highest BCUT2D eigenvalue weighted by Gasteiger charge is 2.56. The Bertz CT molecular complexity index is 1170. The molecule has 2 saturated heterocycles. The van der Waals surface area contributed by atoms with Crippen LogP contribution >= 0.6 is 0 Å². The van der Waals surface area contributed by atoms with Crippen molar-refractivity contribution in [1.82, 2.24) is 10.9 Å². The highest BCUT2D eigenvalue weighted by Crippen LogP contribution is 2.48. The maximum absolute atomic E-state index is 14.2. The van der Waals surface area contributed by atoms with Crippen molar-refractivity contribution < 1.29 is 18.7 Å². The molecule has 0 aliphatic carbocycles. The monoisotopic (exact) mass is 445 g/mol. The van der Waals surface area contributed by atoms with Gasteiger partial charge in [-0.15, -0.1) is 0 Å². The van der Waals surface area contributed by atoms with Crippen molar-refractivity contribution in [3.05, 3.63) is 101 Å². The Balaban J connectivity index is 1.57. The molecule has 168 valence electrons. The molecule has 4 unspecified atom stereocenters. The van der Waals surface area contributed by atoms with Gasteiger partial charge in [0.05, 0.1) is 24.3 Å². The van der Waals surface area contributed by atoms with E-state index in [0.717, 1.165) is 11.1 Å². The zero-order valence-electron chi connectivity index (χ0n) is 18.1. The van der Waals surface area contributed by atoms with Crippen LogP contribution in [0.25, 0.3) is 0 Å². The van der Waals surface area contributed by atoms with E-state index in [2.05, 4.69) is 10.9 Å². The van der Waals surface area contributed by atoms with Gasteiger partial charge in [-0.05, 0) is 54.4 Å². The van der Waals surface area contributed by atoms with E-state index >= 15 is 0 Å². The Hall–Kier alpha value is -3.55. The van der Waals surface area contributed by atoms with E-state index in [1.54, 1.807) is 42.2 Å². The van der Waals surface area contributed by atoms with Gasteiger partial charge in [0.15, 0.2) is 0 Å². The Morgan fingerprint density at radius 1 is 0.939 bits per heavy atom. The van der Waals surface area contributed by atoms with E-state index in [1.165, 1.54) is 12.1 Å². The summed E-state index contributed by atoms with van der Waals surface area (Å²) in [4.78, 5) is 27.4. The van der Waals surface area contributed by atoms with Crippen molar-refractivity contribution in [2.75, 3.05) is 11.5 Å². The number of carbonyl (C=O) groups excluding carboxylic acids is 2. The number of halogens is 1. The molecule has 0 spiro atoms. The van der Waals surface area contributed by atoms with Crippen LogP contribution in [0.2, 0.25) is 0 Å². The van der Waals surface area contributed by atoms with Crippen molar-refractivity contribution in [1.29, 1.82) is 0 Å². The summed E-state index contributed by atoms with van der Waals surface area (Å²) in [5.41, 5.74) is 9.27. The minimum absolute atomic E-state index is 0.107. The lowest BCUT2D eigenvalue weighted by Crippen LogP contribution is -2.41. The number of anilines is 1. The third kappa shape index (κ3) is 3.79. The van der Waals surface area contributed by atoms with E-state index in [9.17, 15) is 14.0 Å². The quantitative estimate of drug-likeness (QED) is 0.583. The van der Waals surface area contributed by atoms with E-state index in [1.807, 2.05) is 36.4 Å². The molecule has 4 atom stereocenters. The number of benzene rings is 3. The lowest BCUT2D eigenvalue weighted by molar-refractivity contribution is -0.119. The Kier molecular flexibility index (Phi) is 5.66. The van der Waals surface area contributed by atoms with E-state index in [4.69, 9.17) is 4.74 Å². The number of fused-ring (bicyclic) bond motifs is 1. The molecule has 2 heterocycles. The number of hydrogen-bond acceptors (Lipinski definition) is 5. The van der Waals surface area contributed by atoms with Gasteiger partial charge in [0.2, 0.25) is 5.91 Å². The number of carbonyl (C=O) groups is 2. The van der Waals surface area contributed by atoms with Gasteiger partial charge in [-0.2, -0.15) is 0 Å². The molecule has 7 heteroatoms. The Labute approximate surface area is 191 Å². The van der Waals surface area contributed by atoms with Gasteiger partial charge in [0.25, 0.3) is 0 Å². The molecule has 6 nitrogen and oxygen atoms in total. The molecular formula is C26H24FN3O3. The number of hydrazine groups is 1. The molecule has 0 aromatic heterocycles. The largest absolute Gasteiger partial charge is 0.462 e. The zero-order valence-corrected chi connectivity index (χ0v) is 18.1. The van der Waals surface area contributed by atoms with Crippen LogP contribution in [0.3, 0.4) is 0 Å². The number of nitrogens with zero attached hydrogens (tertiary/aromatic N) is 1. The fraction of sp³-hybridized carbons (Fsp3) is 0.231. The third-order valence-corrected chi connectivity index (χ3v) is 6.32. The van der Waals surface area contributed by atoms with E-state index in [-0.39, 0.29) is 30.3 Å². The molecule has 1 amide bonds.